The van der Waals surface area contributed by atoms with Gasteiger partial charge in [-0.3, -0.25) is 0 Å². The Hall–Kier alpha value is -2.07. The van der Waals surface area contributed by atoms with Crippen LogP contribution in [0, 0.1) is 13.8 Å². The topological polar surface area (TPSA) is 42.4 Å². The zero-order chi connectivity index (χ0) is 16.7. The predicted molar refractivity (Wildman–Crippen MR) is 94.3 cm³/mol. The van der Waals surface area contributed by atoms with Crippen molar-refractivity contribution in [3.63, 3.8) is 0 Å². The Bertz CT molecular complexity index is 798. The molecule has 0 amide bonds. The Morgan fingerprint density at radius 3 is 2.79 bits per heavy atom. The van der Waals surface area contributed by atoms with Crippen LogP contribution in [-0.4, -0.2) is 29.2 Å². The Morgan fingerprint density at radius 2 is 2.08 bits per heavy atom. The van der Waals surface area contributed by atoms with Gasteiger partial charge < -0.3 is 13.8 Å². The summed E-state index contributed by atoms with van der Waals surface area (Å²) in [6.07, 6.45) is 3.74. The quantitative estimate of drug-likeness (QED) is 0.698. The fourth-order valence-electron chi connectivity index (χ4n) is 3.81. The van der Waals surface area contributed by atoms with Crippen molar-refractivity contribution in [2.24, 2.45) is 0 Å². The molecular formula is C20H24N2O2. The zero-order valence-electron chi connectivity index (χ0n) is 14.6. The van der Waals surface area contributed by atoms with E-state index >= 15 is 0 Å². The van der Waals surface area contributed by atoms with Crippen LogP contribution >= 0.6 is 0 Å². The second-order valence-corrected chi connectivity index (χ2v) is 6.96. The summed E-state index contributed by atoms with van der Waals surface area (Å²) >= 11 is 0. The minimum atomic E-state index is 0.727. The van der Waals surface area contributed by atoms with Crippen molar-refractivity contribution in [3.8, 4) is 22.6 Å². The van der Waals surface area contributed by atoms with Gasteiger partial charge in [-0.25, -0.2) is 0 Å². The molecule has 24 heavy (non-hydrogen) atoms. The van der Waals surface area contributed by atoms with Gasteiger partial charge in [0.25, 0.3) is 0 Å². The maximum Gasteiger partial charge on any atom is 0.144 e. The summed E-state index contributed by atoms with van der Waals surface area (Å²) in [6, 6.07) is 9.29. The molecule has 0 saturated carbocycles. The largest absolute Gasteiger partial charge is 0.456 e. The minimum Gasteiger partial charge on any atom is -0.456 e. The van der Waals surface area contributed by atoms with Crippen LogP contribution in [0.25, 0.3) is 22.6 Å². The maximum atomic E-state index is 6.13. The van der Waals surface area contributed by atoms with Gasteiger partial charge in [-0.1, -0.05) is 5.16 Å². The molecule has 4 rings (SSSR count). The van der Waals surface area contributed by atoms with Crippen molar-refractivity contribution in [2.45, 2.75) is 46.1 Å². The second-order valence-electron chi connectivity index (χ2n) is 6.96. The van der Waals surface area contributed by atoms with Gasteiger partial charge in [-0.05, 0) is 76.4 Å². The van der Waals surface area contributed by atoms with Gasteiger partial charge in [0.1, 0.15) is 17.3 Å². The van der Waals surface area contributed by atoms with Crippen molar-refractivity contribution >= 4 is 0 Å². The van der Waals surface area contributed by atoms with Gasteiger partial charge in [0.15, 0.2) is 0 Å². The van der Waals surface area contributed by atoms with Crippen molar-refractivity contribution in [1.29, 1.82) is 0 Å². The summed E-state index contributed by atoms with van der Waals surface area (Å²) in [7, 11) is 0. The Morgan fingerprint density at radius 1 is 1.21 bits per heavy atom. The molecule has 1 saturated heterocycles. The molecule has 0 spiro atoms. The Kier molecular flexibility index (Phi) is 3.93. The number of nitrogens with zero attached hydrogens (tertiary/aromatic N) is 2. The molecule has 126 valence electrons. The van der Waals surface area contributed by atoms with Crippen LogP contribution in [0.2, 0.25) is 0 Å². The molecule has 1 aromatic heterocycles. The van der Waals surface area contributed by atoms with Crippen molar-refractivity contribution < 1.29 is 8.94 Å². The van der Waals surface area contributed by atoms with Crippen LogP contribution < -0.4 is 0 Å². The summed E-state index contributed by atoms with van der Waals surface area (Å²) in [5.41, 5.74) is 4.34. The van der Waals surface area contributed by atoms with Crippen LogP contribution in [0.3, 0.4) is 0 Å². The summed E-state index contributed by atoms with van der Waals surface area (Å²) in [5.74, 6) is 2.56. The lowest BCUT2D eigenvalue weighted by Crippen LogP contribution is -2.28. The fourth-order valence-corrected chi connectivity index (χ4v) is 3.81. The number of hydrogen-bond donors (Lipinski definition) is 0. The van der Waals surface area contributed by atoms with E-state index in [-0.39, 0.29) is 0 Å². The maximum absolute atomic E-state index is 6.13. The average Bonchev–Trinajstić information content (AvgIpc) is 3.24. The highest BCUT2D eigenvalue weighted by Crippen LogP contribution is 2.34. The monoisotopic (exact) mass is 324 g/mol. The van der Waals surface area contributed by atoms with Crippen LogP contribution in [0.4, 0.5) is 0 Å². The standard InChI is InChI=1S/C20H24N2O2/c1-13-5-4-9-22(13)10-8-16-11-17-6-7-18(23-19(17)12-16)20-14(2)21-24-15(20)3/h6-7,11-13H,4-5,8-10H2,1-3H3/t13-/m1/s1. The van der Waals surface area contributed by atoms with Crippen molar-refractivity contribution in [2.75, 3.05) is 13.1 Å². The molecule has 2 aliphatic heterocycles. The molecule has 4 nitrogen and oxygen atoms in total. The van der Waals surface area contributed by atoms with Crippen LogP contribution in [0.15, 0.2) is 33.2 Å². The highest BCUT2D eigenvalue weighted by atomic mass is 16.5. The Labute approximate surface area is 142 Å². The molecule has 1 aliphatic carbocycles. The third-order valence-corrected chi connectivity index (χ3v) is 5.23. The molecule has 4 heteroatoms. The first-order chi connectivity index (χ1) is 11.6. The first-order valence-corrected chi connectivity index (χ1v) is 8.81. The van der Waals surface area contributed by atoms with Crippen LogP contribution in [0.1, 0.15) is 36.8 Å². The van der Waals surface area contributed by atoms with Crippen LogP contribution in [-0.2, 0) is 6.42 Å². The molecular weight excluding hydrogens is 300 g/mol. The molecule has 0 N–H and O–H groups in total. The second kappa shape index (κ2) is 6.10. The molecule has 1 fully saturated rings. The van der Waals surface area contributed by atoms with Crippen LogP contribution in [0.5, 0.6) is 0 Å². The van der Waals surface area contributed by atoms with E-state index in [1.165, 1.54) is 24.9 Å². The molecule has 0 bridgehead atoms. The van der Waals surface area contributed by atoms with Gasteiger partial charge >= 0.3 is 0 Å². The molecule has 3 aliphatic rings. The van der Waals surface area contributed by atoms with E-state index in [0.29, 0.717) is 0 Å². The van der Waals surface area contributed by atoms with Gasteiger partial charge in [-0.2, -0.15) is 0 Å². The lowest BCUT2D eigenvalue weighted by Gasteiger charge is -2.20. The highest BCUT2D eigenvalue weighted by molar-refractivity contribution is 5.69. The van der Waals surface area contributed by atoms with E-state index in [2.05, 4.69) is 35.2 Å². The zero-order valence-corrected chi connectivity index (χ0v) is 14.6. The number of rotatable bonds is 4. The van der Waals surface area contributed by atoms with Gasteiger partial charge in [0.05, 0.1) is 11.3 Å². The minimum absolute atomic E-state index is 0.727. The number of hydrogen-bond acceptors (Lipinski definition) is 4. The fraction of sp³-hybridized carbons (Fsp3) is 0.450. The number of aryl methyl sites for hydroxylation is 2. The normalized spacial score (nSPS) is 18.7. The van der Waals surface area contributed by atoms with Gasteiger partial charge in [0, 0.05) is 18.2 Å². The summed E-state index contributed by atoms with van der Waals surface area (Å²) in [6.45, 7) is 8.57. The van der Waals surface area contributed by atoms with E-state index in [1.807, 2.05) is 19.9 Å². The lowest BCUT2D eigenvalue weighted by molar-refractivity contribution is 0.272. The summed E-state index contributed by atoms with van der Waals surface area (Å²) in [5, 5.41) is 4.02. The van der Waals surface area contributed by atoms with Crippen molar-refractivity contribution in [1.82, 2.24) is 10.1 Å². The Balaban J connectivity index is 1.57. The molecule has 0 radical (unpaired) electrons. The van der Waals surface area contributed by atoms with E-state index in [0.717, 1.165) is 53.1 Å². The third-order valence-electron chi connectivity index (χ3n) is 5.23. The SMILES string of the molecule is Cc1noc(C)c1-c1ccc2cc(CCN3CCC[C@H]3C)cc-2o1. The van der Waals surface area contributed by atoms with E-state index in [1.54, 1.807) is 0 Å². The lowest BCUT2D eigenvalue weighted by atomic mass is 10.1. The first kappa shape index (κ1) is 15.5. The van der Waals surface area contributed by atoms with E-state index in [4.69, 9.17) is 8.94 Å². The average molecular weight is 324 g/mol. The highest BCUT2D eigenvalue weighted by Gasteiger charge is 2.21. The van der Waals surface area contributed by atoms with E-state index in [9.17, 15) is 0 Å². The van der Waals surface area contributed by atoms with Gasteiger partial charge in [-0.15, -0.1) is 0 Å². The van der Waals surface area contributed by atoms with Gasteiger partial charge in [0.2, 0.25) is 0 Å². The van der Waals surface area contributed by atoms with E-state index < -0.39 is 0 Å². The summed E-state index contributed by atoms with van der Waals surface area (Å²) < 4.78 is 11.4. The molecule has 1 aromatic rings. The molecule has 0 unspecified atom stereocenters. The number of likely N-dealkylation sites (tertiary alicyclic amines) is 1. The summed E-state index contributed by atoms with van der Waals surface area (Å²) in [4.78, 5) is 2.59. The predicted octanol–water partition coefficient (Wildman–Crippen LogP) is 4.68. The number of aromatic nitrogens is 1. The number of fused-ring (bicyclic) bond motifs is 1. The third kappa shape index (κ3) is 2.75. The molecule has 3 heterocycles. The molecule has 1 atom stereocenters. The smallest absolute Gasteiger partial charge is 0.144 e. The molecule has 0 aromatic carbocycles. The van der Waals surface area contributed by atoms with Crippen molar-refractivity contribution in [3.05, 3.63) is 41.3 Å². The first-order valence-electron chi connectivity index (χ1n) is 8.81.